The van der Waals surface area contributed by atoms with Crippen molar-refractivity contribution in [2.45, 2.75) is 63.8 Å². The molecule has 0 bridgehead atoms. The number of urea groups is 1. The lowest BCUT2D eigenvalue weighted by atomic mass is 10.1. The molecule has 1 aliphatic rings. The fourth-order valence-corrected chi connectivity index (χ4v) is 8.30. The SMILES string of the molecule is CC1(C)C(=O)N(Cl)C(=O)N1Cl.NCc1ncc(C(=O)Nc2cc(C(F)(F)F)c(Cl)cn2)s1.Nc1cc(C(F)(F)F)c(Cl)cn1.Nc1cc(C(F)(F)F)ccn1.O=C(NCc1ncc(C(=O)Nc2cc(C(F)(F)F)c(Cl)cn2)s1)OCc1ccccc1. The molecular formula is C47H37Cl5F12N14O6S2. The molecule has 7 heterocycles. The van der Waals surface area contributed by atoms with E-state index in [2.05, 4.69) is 45.9 Å². The van der Waals surface area contributed by atoms with Gasteiger partial charge in [-0.05, 0) is 49.7 Å². The Morgan fingerprint density at radius 1 is 0.616 bits per heavy atom. The van der Waals surface area contributed by atoms with E-state index in [0.29, 0.717) is 32.6 Å². The molecule has 462 valence electrons. The van der Waals surface area contributed by atoms with Crippen LogP contribution in [0.25, 0.3) is 0 Å². The van der Waals surface area contributed by atoms with Gasteiger partial charge in [0.05, 0.1) is 56.3 Å². The molecule has 1 saturated heterocycles. The number of nitrogen functional groups attached to an aromatic ring is 2. The Labute approximate surface area is 509 Å². The average Bonchev–Trinajstić information content (AvgIpc) is 2.41. The third-order valence-electron chi connectivity index (χ3n) is 9.95. The highest BCUT2D eigenvalue weighted by atomic mass is 35.5. The second-order valence-corrected chi connectivity index (χ2v) is 20.7. The predicted octanol–water partition coefficient (Wildman–Crippen LogP) is 13.2. The second kappa shape index (κ2) is 30.2. The van der Waals surface area contributed by atoms with Crippen LogP contribution in [0.2, 0.25) is 15.1 Å². The number of thiazole rings is 2. The Balaban J connectivity index is 0.000000248. The van der Waals surface area contributed by atoms with E-state index in [9.17, 15) is 76.7 Å². The smallest absolute Gasteiger partial charge is 0.418 e. The molecule has 9 N–H and O–H groups in total. The van der Waals surface area contributed by atoms with Crippen LogP contribution in [0.5, 0.6) is 0 Å². The van der Waals surface area contributed by atoms with Gasteiger partial charge in [-0.25, -0.2) is 43.9 Å². The van der Waals surface area contributed by atoms with Gasteiger partial charge in [-0.2, -0.15) is 57.1 Å². The van der Waals surface area contributed by atoms with Gasteiger partial charge in [0.15, 0.2) is 0 Å². The highest BCUT2D eigenvalue weighted by molar-refractivity contribution is 7.14. The van der Waals surface area contributed by atoms with Crippen molar-refractivity contribution >= 4 is 134 Å². The Hall–Kier alpha value is -7.60. The van der Waals surface area contributed by atoms with E-state index in [0.717, 1.165) is 69.6 Å². The lowest BCUT2D eigenvalue weighted by molar-refractivity contribution is -0.138. The number of amides is 6. The molecule has 7 aromatic rings. The zero-order chi connectivity index (χ0) is 64.7. The van der Waals surface area contributed by atoms with E-state index in [1.165, 1.54) is 26.2 Å². The van der Waals surface area contributed by atoms with Crippen molar-refractivity contribution in [3.05, 3.63) is 160 Å². The topological polar surface area (TPSA) is 293 Å². The minimum absolute atomic E-state index is 0.0169. The average molecular weight is 1360 g/mol. The molecule has 6 amide bonds. The Kier molecular flexibility index (Phi) is 24.9. The van der Waals surface area contributed by atoms with Gasteiger partial charge in [0, 0.05) is 54.9 Å². The molecule has 0 atom stereocenters. The van der Waals surface area contributed by atoms with Crippen molar-refractivity contribution in [3.63, 3.8) is 0 Å². The van der Waals surface area contributed by atoms with Gasteiger partial charge in [-0.3, -0.25) is 14.4 Å². The number of carbonyl (C=O) groups is 5. The van der Waals surface area contributed by atoms with Crippen LogP contribution in [0.1, 0.15) is 71.0 Å². The van der Waals surface area contributed by atoms with E-state index in [1.807, 2.05) is 30.3 Å². The summed E-state index contributed by atoms with van der Waals surface area (Å²) in [5.41, 5.74) is 11.3. The first-order valence-electron chi connectivity index (χ1n) is 22.7. The van der Waals surface area contributed by atoms with Crippen molar-refractivity contribution in [1.82, 2.24) is 44.1 Å². The number of benzene rings is 1. The number of hydrogen-bond acceptors (Lipinski definition) is 17. The van der Waals surface area contributed by atoms with E-state index >= 15 is 0 Å². The number of halogens is 17. The lowest BCUT2D eigenvalue weighted by Crippen LogP contribution is -2.38. The summed E-state index contributed by atoms with van der Waals surface area (Å²) in [5.74, 6) is -2.71. The minimum Gasteiger partial charge on any atom is -0.445 e. The largest absolute Gasteiger partial charge is 0.445 e. The number of carbonyl (C=O) groups excluding carboxylic acids is 5. The van der Waals surface area contributed by atoms with E-state index in [1.54, 1.807) is 0 Å². The first-order chi connectivity index (χ1) is 39.8. The summed E-state index contributed by atoms with van der Waals surface area (Å²) < 4.78 is 155. The predicted molar refractivity (Wildman–Crippen MR) is 292 cm³/mol. The quantitative estimate of drug-likeness (QED) is 0.0445. The number of hydrogen-bond donors (Lipinski definition) is 6. The van der Waals surface area contributed by atoms with Crippen LogP contribution >= 0.6 is 81.0 Å². The van der Waals surface area contributed by atoms with Crippen LogP contribution < -0.4 is 33.2 Å². The van der Waals surface area contributed by atoms with Gasteiger partial charge < -0.3 is 37.9 Å². The molecule has 39 heteroatoms. The van der Waals surface area contributed by atoms with E-state index < -0.39 is 97.4 Å². The summed E-state index contributed by atoms with van der Waals surface area (Å²) in [6.45, 7) is 3.33. The van der Waals surface area contributed by atoms with E-state index in [4.69, 9.17) is 80.3 Å². The number of alkyl carbamates (subject to hydrolysis) is 1. The number of nitrogens with two attached hydrogens (primary N) is 3. The zero-order valence-corrected chi connectivity index (χ0v) is 48.3. The maximum absolute atomic E-state index is 12.9. The number of imide groups is 1. The van der Waals surface area contributed by atoms with Crippen LogP contribution in [0.15, 0.2) is 97.8 Å². The summed E-state index contributed by atoms with van der Waals surface area (Å²) in [6.07, 6.45) is -12.7. The first kappa shape index (κ1) is 70.9. The molecule has 8 rings (SSSR count). The number of ether oxygens (including phenoxy) is 1. The van der Waals surface area contributed by atoms with E-state index in [-0.39, 0.29) is 52.7 Å². The fraction of sp³-hybridized carbons (Fsp3) is 0.213. The van der Waals surface area contributed by atoms with Crippen molar-refractivity contribution in [2.24, 2.45) is 5.73 Å². The molecule has 1 fully saturated rings. The van der Waals surface area contributed by atoms with Gasteiger partial charge >= 0.3 is 36.8 Å². The monoisotopic (exact) mass is 1360 g/mol. The van der Waals surface area contributed by atoms with Crippen molar-refractivity contribution in [3.8, 4) is 0 Å². The van der Waals surface area contributed by atoms with Gasteiger partial charge in [0.25, 0.3) is 17.7 Å². The lowest BCUT2D eigenvalue weighted by Gasteiger charge is -2.18. The Morgan fingerprint density at radius 3 is 1.45 bits per heavy atom. The standard InChI is InChI=1S/C19H14ClF3N4O3S.C11H8ClF3N4OS.C6H4ClF3N2.C6H5F3N2.C5H6Cl2N2O2/c20-13-7-24-15(6-12(13)19(21,22)23)27-17(28)14-8-25-16(31-14)9-26-18(29)30-10-11-4-2-1-3-5-11;12-6-3-17-8(1-5(6)11(13,14)15)19-10(20)7-4-18-9(2-16)21-7;7-4-2-12-5(11)1-3(4)6(8,9)10;7-6(8,9)4-1-2-11-5(10)3-4;1-5(2)3(10)8(6)4(11)9(5)7/h1-8H,9-10H2,(H,26,29)(H,24,27,28);1,3-4H,2,16H2,(H,17,19,20);1-2H,(H2,11,12);1-3H,(H2,10,11);1-2H3. The summed E-state index contributed by atoms with van der Waals surface area (Å²) in [4.78, 5) is 80.3. The summed E-state index contributed by atoms with van der Waals surface area (Å²) in [7, 11) is 0. The summed E-state index contributed by atoms with van der Waals surface area (Å²) in [6, 6.07) is 12.1. The fourth-order valence-electron chi connectivity index (χ4n) is 5.76. The second-order valence-electron chi connectivity index (χ2n) is 16.6. The molecular weight excluding hydrogens is 1330 g/mol. The maximum atomic E-state index is 12.9. The highest BCUT2D eigenvalue weighted by Crippen LogP contribution is 2.38. The number of rotatable bonds is 9. The number of nitrogens with one attached hydrogen (secondary N) is 3. The molecule has 0 spiro atoms. The molecule has 0 radical (unpaired) electrons. The third-order valence-corrected chi connectivity index (χ3v) is 13.7. The Bertz CT molecular complexity index is 3510. The molecule has 1 aromatic carbocycles. The molecule has 6 aromatic heterocycles. The summed E-state index contributed by atoms with van der Waals surface area (Å²) in [5, 5.41) is 6.41. The summed E-state index contributed by atoms with van der Waals surface area (Å²) >= 11 is 29.0. The molecule has 0 saturated carbocycles. The first-order valence-corrected chi connectivity index (χ1v) is 26.2. The Morgan fingerprint density at radius 2 is 1.07 bits per heavy atom. The number of aromatic nitrogens is 6. The van der Waals surface area contributed by atoms with Crippen LogP contribution in [0.3, 0.4) is 0 Å². The van der Waals surface area contributed by atoms with Crippen LogP contribution in [0, 0.1) is 0 Å². The molecule has 86 heavy (non-hydrogen) atoms. The van der Waals surface area contributed by atoms with Gasteiger partial charge in [0.1, 0.15) is 55.2 Å². The number of pyridine rings is 4. The van der Waals surface area contributed by atoms with Crippen LogP contribution in [-0.2, 0) is 53.9 Å². The third kappa shape index (κ3) is 21.1. The maximum Gasteiger partial charge on any atom is 0.418 e. The van der Waals surface area contributed by atoms with Crippen molar-refractivity contribution < 1.29 is 81.4 Å². The molecule has 20 nitrogen and oxygen atoms in total. The minimum atomic E-state index is -4.68. The molecule has 0 unspecified atom stereocenters. The zero-order valence-electron chi connectivity index (χ0n) is 42.9. The van der Waals surface area contributed by atoms with Crippen molar-refractivity contribution in [2.75, 3.05) is 22.1 Å². The molecule has 0 aliphatic carbocycles. The van der Waals surface area contributed by atoms with Gasteiger partial charge in [-0.15, -0.1) is 22.7 Å². The number of anilines is 4. The normalized spacial score (nSPS) is 12.9. The van der Waals surface area contributed by atoms with Gasteiger partial charge in [-0.1, -0.05) is 65.1 Å². The van der Waals surface area contributed by atoms with Crippen LogP contribution in [0.4, 0.5) is 85.5 Å². The van der Waals surface area contributed by atoms with Gasteiger partial charge in [0.2, 0.25) is 0 Å². The van der Waals surface area contributed by atoms with Crippen molar-refractivity contribution in [1.29, 1.82) is 0 Å². The van der Waals surface area contributed by atoms with Crippen LogP contribution in [-0.4, -0.2) is 74.1 Å². The molecule has 1 aliphatic heterocycles. The number of alkyl halides is 12. The number of nitrogens with zero attached hydrogens (tertiary/aromatic N) is 8. The highest BCUT2D eigenvalue weighted by Gasteiger charge is 2.51.